The number of hydrogen-bond donors (Lipinski definition) is 2. The van der Waals surface area contributed by atoms with E-state index in [4.69, 9.17) is 5.73 Å². The van der Waals surface area contributed by atoms with Crippen molar-refractivity contribution >= 4 is 17.8 Å². The third-order valence-corrected chi connectivity index (χ3v) is 3.73. The number of benzene rings is 1. The molecular weight excluding hydrogens is 272 g/mol. The standard InChI is InChI=1S/C15H18N2O4/c1-9-3-2-4-10(5-9)6-12(15(20)21)17-8-11(14(16)19)7-13(17)18/h2-5,11-12H,6-8H2,1H3,(H2,16,19)(H,20,21)/t11?,12-/m0/s1. The molecule has 2 rings (SSSR count). The van der Waals surface area contributed by atoms with Gasteiger partial charge < -0.3 is 15.7 Å². The zero-order valence-electron chi connectivity index (χ0n) is 11.8. The summed E-state index contributed by atoms with van der Waals surface area (Å²) in [6.07, 6.45) is 0.209. The predicted octanol–water partition coefficient (Wildman–Crippen LogP) is 0.325. The molecule has 1 aromatic rings. The molecule has 6 heteroatoms. The molecule has 1 unspecified atom stereocenters. The van der Waals surface area contributed by atoms with Gasteiger partial charge in [-0.3, -0.25) is 9.59 Å². The summed E-state index contributed by atoms with van der Waals surface area (Å²) in [5.41, 5.74) is 7.08. The summed E-state index contributed by atoms with van der Waals surface area (Å²) < 4.78 is 0. The number of nitrogens with two attached hydrogens (primary N) is 1. The molecule has 6 nitrogen and oxygen atoms in total. The summed E-state index contributed by atoms with van der Waals surface area (Å²) in [5, 5.41) is 9.40. The van der Waals surface area contributed by atoms with Crippen molar-refractivity contribution in [3.63, 3.8) is 0 Å². The first-order chi connectivity index (χ1) is 9.88. The molecule has 1 fully saturated rings. The van der Waals surface area contributed by atoms with Gasteiger partial charge in [-0.25, -0.2) is 4.79 Å². The van der Waals surface area contributed by atoms with Crippen molar-refractivity contribution in [2.75, 3.05) is 6.54 Å². The number of hydrogen-bond acceptors (Lipinski definition) is 3. The lowest BCUT2D eigenvalue weighted by molar-refractivity contribution is -0.148. The summed E-state index contributed by atoms with van der Waals surface area (Å²) in [6.45, 7) is 2.00. The average molecular weight is 290 g/mol. The molecule has 0 saturated carbocycles. The van der Waals surface area contributed by atoms with E-state index in [1.54, 1.807) is 0 Å². The molecule has 1 aliphatic rings. The first-order valence-electron chi connectivity index (χ1n) is 6.75. The van der Waals surface area contributed by atoms with Crippen LogP contribution in [0.5, 0.6) is 0 Å². The van der Waals surface area contributed by atoms with Crippen LogP contribution in [0.2, 0.25) is 0 Å². The molecule has 0 bridgehead atoms. The van der Waals surface area contributed by atoms with Gasteiger partial charge in [0.25, 0.3) is 0 Å². The topological polar surface area (TPSA) is 101 Å². The molecule has 0 radical (unpaired) electrons. The van der Waals surface area contributed by atoms with Gasteiger partial charge in [-0.05, 0) is 12.5 Å². The normalized spacial score (nSPS) is 19.6. The van der Waals surface area contributed by atoms with E-state index in [9.17, 15) is 19.5 Å². The number of nitrogens with zero attached hydrogens (tertiary/aromatic N) is 1. The number of aryl methyl sites for hydroxylation is 1. The number of amides is 2. The summed E-state index contributed by atoms with van der Waals surface area (Å²) in [5.74, 6) is -2.57. The predicted molar refractivity (Wildman–Crippen MR) is 75.3 cm³/mol. The van der Waals surface area contributed by atoms with E-state index in [2.05, 4.69) is 0 Å². The Labute approximate surface area is 122 Å². The maximum absolute atomic E-state index is 11.9. The minimum atomic E-state index is -1.07. The van der Waals surface area contributed by atoms with E-state index in [1.165, 1.54) is 4.90 Å². The lowest BCUT2D eigenvalue weighted by atomic mass is 10.0. The van der Waals surface area contributed by atoms with Crippen molar-refractivity contribution < 1.29 is 19.5 Å². The first kappa shape index (κ1) is 15.0. The molecule has 0 aromatic heterocycles. The molecule has 112 valence electrons. The molecule has 3 N–H and O–H groups in total. The van der Waals surface area contributed by atoms with Crippen LogP contribution in [0.1, 0.15) is 17.5 Å². The number of carboxylic acid groups (broad SMARTS) is 1. The monoisotopic (exact) mass is 290 g/mol. The van der Waals surface area contributed by atoms with Crippen LogP contribution in [0.4, 0.5) is 0 Å². The van der Waals surface area contributed by atoms with Crippen molar-refractivity contribution in [2.24, 2.45) is 11.7 Å². The van der Waals surface area contributed by atoms with E-state index in [0.717, 1.165) is 11.1 Å². The highest BCUT2D eigenvalue weighted by molar-refractivity contribution is 5.91. The Bertz CT molecular complexity index is 585. The van der Waals surface area contributed by atoms with Crippen LogP contribution < -0.4 is 5.73 Å². The summed E-state index contributed by atoms with van der Waals surface area (Å²) in [7, 11) is 0. The minimum Gasteiger partial charge on any atom is -0.480 e. The number of carbonyl (C=O) groups excluding carboxylic acids is 2. The van der Waals surface area contributed by atoms with Crippen molar-refractivity contribution in [3.05, 3.63) is 35.4 Å². The largest absolute Gasteiger partial charge is 0.480 e. The van der Waals surface area contributed by atoms with Gasteiger partial charge in [0.05, 0.1) is 5.92 Å². The molecule has 0 aliphatic carbocycles. The highest BCUT2D eigenvalue weighted by atomic mass is 16.4. The van der Waals surface area contributed by atoms with Gasteiger partial charge >= 0.3 is 5.97 Å². The Morgan fingerprint density at radius 1 is 1.48 bits per heavy atom. The van der Waals surface area contributed by atoms with Gasteiger partial charge in [-0.1, -0.05) is 29.8 Å². The number of carbonyl (C=O) groups is 3. The molecule has 1 aromatic carbocycles. The average Bonchev–Trinajstić information content (AvgIpc) is 2.78. The van der Waals surface area contributed by atoms with Crippen LogP contribution in [0.3, 0.4) is 0 Å². The summed E-state index contributed by atoms with van der Waals surface area (Å²) in [6, 6.07) is 6.52. The van der Waals surface area contributed by atoms with Crippen LogP contribution in [-0.4, -0.2) is 40.4 Å². The molecule has 2 amide bonds. The number of rotatable bonds is 5. The Hall–Kier alpha value is -2.37. The Balaban J connectivity index is 2.18. The van der Waals surface area contributed by atoms with Crippen LogP contribution in [0, 0.1) is 12.8 Å². The van der Waals surface area contributed by atoms with Crippen molar-refractivity contribution in [2.45, 2.75) is 25.8 Å². The zero-order valence-corrected chi connectivity index (χ0v) is 11.8. The van der Waals surface area contributed by atoms with E-state index in [1.807, 2.05) is 31.2 Å². The molecule has 21 heavy (non-hydrogen) atoms. The lowest BCUT2D eigenvalue weighted by Crippen LogP contribution is -2.44. The molecule has 0 spiro atoms. The summed E-state index contributed by atoms with van der Waals surface area (Å²) >= 11 is 0. The number of aliphatic carboxylic acids is 1. The van der Waals surface area contributed by atoms with E-state index < -0.39 is 23.8 Å². The second-order valence-electron chi connectivity index (χ2n) is 5.40. The van der Waals surface area contributed by atoms with Crippen molar-refractivity contribution in [1.29, 1.82) is 0 Å². The van der Waals surface area contributed by atoms with Gasteiger partial charge in [-0.15, -0.1) is 0 Å². The van der Waals surface area contributed by atoms with Crippen LogP contribution in [-0.2, 0) is 20.8 Å². The summed E-state index contributed by atoms with van der Waals surface area (Å²) in [4.78, 5) is 35.9. The van der Waals surface area contributed by atoms with E-state index >= 15 is 0 Å². The van der Waals surface area contributed by atoms with Crippen LogP contribution in [0.15, 0.2) is 24.3 Å². The van der Waals surface area contributed by atoms with Gasteiger partial charge in [-0.2, -0.15) is 0 Å². The Kier molecular flexibility index (Phi) is 4.26. The van der Waals surface area contributed by atoms with Crippen molar-refractivity contribution in [3.8, 4) is 0 Å². The van der Waals surface area contributed by atoms with Gasteiger partial charge in [0.1, 0.15) is 6.04 Å². The number of primary amides is 1. The maximum Gasteiger partial charge on any atom is 0.326 e. The first-order valence-corrected chi connectivity index (χ1v) is 6.75. The zero-order chi connectivity index (χ0) is 15.6. The Morgan fingerprint density at radius 3 is 2.71 bits per heavy atom. The maximum atomic E-state index is 11.9. The number of carboxylic acids is 1. The SMILES string of the molecule is Cc1cccc(C[C@@H](C(=O)O)N2CC(C(N)=O)CC2=O)c1. The third kappa shape index (κ3) is 3.39. The minimum absolute atomic E-state index is 0.00701. The molecule has 1 saturated heterocycles. The van der Waals surface area contributed by atoms with Gasteiger partial charge in [0.2, 0.25) is 11.8 Å². The van der Waals surface area contributed by atoms with Crippen molar-refractivity contribution in [1.82, 2.24) is 4.90 Å². The lowest BCUT2D eigenvalue weighted by Gasteiger charge is -2.24. The smallest absolute Gasteiger partial charge is 0.326 e. The van der Waals surface area contributed by atoms with Gasteiger partial charge in [0.15, 0.2) is 0 Å². The fourth-order valence-corrected chi connectivity index (χ4v) is 2.62. The fourth-order valence-electron chi connectivity index (χ4n) is 2.62. The third-order valence-electron chi connectivity index (χ3n) is 3.73. The van der Waals surface area contributed by atoms with E-state index in [0.29, 0.717) is 0 Å². The fraction of sp³-hybridized carbons (Fsp3) is 0.400. The van der Waals surface area contributed by atoms with Crippen LogP contribution in [0.25, 0.3) is 0 Å². The number of likely N-dealkylation sites (tertiary alicyclic amines) is 1. The molecule has 1 heterocycles. The molecule has 2 atom stereocenters. The quantitative estimate of drug-likeness (QED) is 0.815. The van der Waals surface area contributed by atoms with Gasteiger partial charge in [0, 0.05) is 19.4 Å². The highest BCUT2D eigenvalue weighted by Crippen LogP contribution is 2.22. The highest BCUT2D eigenvalue weighted by Gasteiger charge is 2.39. The second-order valence-corrected chi connectivity index (χ2v) is 5.40. The molecule has 1 aliphatic heterocycles. The van der Waals surface area contributed by atoms with Crippen LogP contribution >= 0.6 is 0 Å². The molecular formula is C15H18N2O4. The second kappa shape index (κ2) is 5.95. The van der Waals surface area contributed by atoms with E-state index in [-0.39, 0.29) is 25.3 Å². The Morgan fingerprint density at radius 2 is 2.19 bits per heavy atom.